The summed E-state index contributed by atoms with van der Waals surface area (Å²) in [5.74, 6) is 3.27. The number of nitrogens with zero attached hydrogens (tertiary/aromatic N) is 1. The molecule has 2 heteroatoms. The van der Waals surface area contributed by atoms with Crippen LogP contribution in [-0.2, 0) is 12.3 Å². The smallest absolute Gasteiger partial charge is 0.0233 e. The molecule has 0 atom stereocenters. The van der Waals surface area contributed by atoms with Crippen LogP contribution in [0.5, 0.6) is 0 Å². The van der Waals surface area contributed by atoms with Crippen LogP contribution in [0.3, 0.4) is 0 Å². The fourth-order valence-electron chi connectivity index (χ4n) is 2.37. The number of hydrogen-bond acceptors (Lipinski definition) is 2. The Kier molecular flexibility index (Phi) is 5.40. The second-order valence-electron chi connectivity index (χ2n) is 4.70. The van der Waals surface area contributed by atoms with E-state index in [4.69, 9.17) is 0 Å². The summed E-state index contributed by atoms with van der Waals surface area (Å²) in [7, 11) is 0. The van der Waals surface area contributed by atoms with Crippen molar-refractivity contribution in [1.82, 2.24) is 4.90 Å². The Bertz CT molecular complexity index is 331. The van der Waals surface area contributed by atoms with Crippen molar-refractivity contribution < 1.29 is 0 Å². The van der Waals surface area contributed by atoms with Crippen molar-refractivity contribution in [2.24, 2.45) is 0 Å². The first-order valence-electron chi connectivity index (χ1n) is 6.58. The number of rotatable bonds is 5. The molecule has 0 spiro atoms. The van der Waals surface area contributed by atoms with Gasteiger partial charge in [-0.3, -0.25) is 4.90 Å². The Hall–Kier alpha value is -0.470. The molecule has 17 heavy (non-hydrogen) atoms. The molecule has 0 unspecified atom stereocenters. The van der Waals surface area contributed by atoms with Crippen molar-refractivity contribution >= 4 is 11.8 Å². The lowest BCUT2D eigenvalue weighted by Gasteiger charge is -2.26. The van der Waals surface area contributed by atoms with Gasteiger partial charge in [-0.1, -0.05) is 37.6 Å². The first kappa shape index (κ1) is 13.0. The fraction of sp³-hybridized carbons (Fsp3) is 0.533. The van der Waals surface area contributed by atoms with Gasteiger partial charge in [-0.05, 0) is 37.1 Å². The van der Waals surface area contributed by atoms with Crippen molar-refractivity contribution in [1.29, 1.82) is 0 Å². The Balaban J connectivity index is 1.90. The van der Waals surface area contributed by atoms with Crippen LogP contribution in [0, 0.1) is 5.75 Å². The minimum absolute atomic E-state index is 1.10. The maximum Gasteiger partial charge on any atom is 0.0233 e. The fourth-order valence-corrected chi connectivity index (χ4v) is 2.91. The molecule has 0 aromatic heterocycles. The molecule has 93 valence electrons. The van der Waals surface area contributed by atoms with E-state index in [0.717, 1.165) is 12.3 Å². The molecule has 2 rings (SSSR count). The predicted molar refractivity (Wildman–Crippen MR) is 76.8 cm³/mol. The van der Waals surface area contributed by atoms with Crippen LogP contribution in [0.2, 0.25) is 0 Å². The maximum atomic E-state index is 2.59. The number of likely N-dealkylation sites (tertiary alicyclic amines) is 1. The maximum absolute atomic E-state index is 2.59. The van der Waals surface area contributed by atoms with Gasteiger partial charge in [-0.25, -0.2) is 0 Å². The Morgan fingerprint density at radius 2 is 1.94 bits per heavy atom. The molecule has 1 aromatic rings. The van der Waals surface area contributed by atoms with Crippen molar-refractivity contribution in [2.75, 3.05) is 13.1 Å². The van der Waals surface area contributed by atoms with E-state index in [1.54, 1.807) is 0 Å². The molecule has 0 saturated carbocycles. The zero-order valence-corrected chi connectivity index (χ0v) is 11.5. The molecule has 1 radical (unpaired) electrons. The number of benzene rings is 1. The molecular weight excluding hydrogens is 226 g/mol. The summed E-state index contributed by atoms with van der Waals surface area (Å²) in [6.45, 7) is 5.79. The van der Waals surface area contributed by atoms with Crippen molar-refractivity contribution in [2.45, 2.75) is 38.5 Å². The summed E-state index contributed by atoms with van der Waals surface area (Å²) >= 11 is 1.88. The van der Waals surface area contributed by atoms with Crippen LogP contribution < -0.4 is 0 Å². The van der Waals surface area contributed by atoms with Gasteiger partial charge in [0.2, 0.25) is 0 Å². The van der Waals surface area contributed by atoms with Gasteiger partial charge in [0.25, 0.3) is 0 Å². The van der Waals surface area contributed by atoms with Crippen LogP contribution in [0.15, 0.2) is 24.3 Å². The number of piperidine rings is 1. The SMILES string of the molecule is C[CH]SCc1cccc(CN2CCCCC2)c1. The molecule has 1 fully saturated rings. The lowest BCUT2D eigenvalue weighted by atomic mass is 10.1. The van der Waals surface area contributed by atoms with Gasteiger partial charge in [0, 0.05) is 18.1 Å². The molecule has 1 nitrogen and oxygen atoms in total. The molecule has 1 saturated heterocycles. The highest BCUT2D eigenvalue weighted by molar-refractivity contribution is 8.00. The average Bonchev–Trinajstić information content (AvgIpc) is 2.38. The summed E-state index contributed by atoms with van der Waals surface area (Å²) in [6, 6.07) is 9.06. The van der Waals surface area contributed by atoms with E-state index in [0.29, 0.717) is 0 Å². The summed E-state index contributed by atoms with van der Waals surface area (Å²) in [6.07, 6.45) is 4.17. The minimum Gasteiger partial charge on any atom is -0.299 e. The quantitative estimate of drug-likeness (QED) is 0.772. The van der Waals surface area contributed by atoms with Crippen LogP contribution in [0.1, 0.15) is 37.3 Å². The molecule has 0 aliphatic carbocycles. The Labute approximate surface area is 110 Å². The predicted octanol–water partition coefficient (Wildman–Crippen LogP) is 4.09. The van der Waals surface area contributed by atoms with Gasteiger partial charge < -0.3 is 0 Å². The van der Waals surface area contributed by atoms with Crippen LogP contribution in [0.4, 0.5) is 0 Å². The van der Waals surface area contributed by atoms with E-state index in [2.05, 4.69) is 41.8 Å². The third kappa shape index (κ3) is 4.36. The minimum atomic E-state index is 1.10. The van der Waals surface area contributed by atoms with Crippen molar-refractivity contribution in [3.05, 3.63) is 41.1 Å². The highest BCUT2D eigenvalue weighted by Gasteiger charge is 2.10. The zero-order valence-electron chi connectivity index (χ0n) is 10.7. The monoisotopic (exact) mass is 248 g/mol. The third-order valence-corrected chi connectivity index (χ3v) is 4.10. The van der Waals surface area contributed by atoms with E-state index in [-0.39, 0.29) is 0 Å². The van der Waals surface area contributed by atoms with Gasteiger partial charge in [-0.15, -0.1) is 0 Å². The molecule has 1 aliphatic heterocycles. The van der Waals surface area contributed by atoms with Crippen LogP contribution >= 0.6 is 11.8 Å². The van der Waals surface area contributed by atoms with E-state index in [1.807, 2.05) is 11.8 Å². The molecule has 1 aromatic carbocycles. The first-order chi connectivity index (χ1) is 8.38. The molecule has 0 bridgehead atoms. The Morgan fingerprint density at radius 1 is 1.18 bits per heavy atom. The van der Waals surface area contributed by atoms with E-state index in [9.17, 15) is 0 Å². The average molecular weight is 248 g/mol. The van der Waals surface area contributed by atoms with Gasteiger partial charge in [0.1, 0.15) is 0 Å². The van der Waals surface area contributed by atoms with Crippen molar-refractivity contribution in [3.63, 3.8) is 0 Å². The highest BCUT2D eigenvalue weighted by atomic mass is 32.2. The third-order valence-electron chi connectivity index (χ3n) is 3.26. The summed E-state index contributed by atoms with van der Waals surface area (Å²) < 4.78 is 0. The standard InChI is InChI=1S/C15H22NS/c1-2-17-13-15-8-6-7-14(11-15)12-16-9-4-3-5-10-16/h2,6-8,11H,3-5,9-10,12-13H2,1H3. The topological polar surface area (TPSA) is 3.24 Å². The second-order valence-corrected chi connectivity index (χ2v) is 5.80. The van der Waals surface area contributed by atoms with E-state index < -0.39 is 0 Å². The molecule has 1 aliphatic rings. The van der Waals surface area contributed by atoms with Gasteiger partial charge in [0.15, 0.2) is 0 Å². The number of hydrogen-bond donors (Lipinski definition) is 0. The molecular formula is C15H22NS. The second kappa shape index (κ2) is 7.07. The lowest BCUT2D eigenvalue weighted by Crippen LogP contribution is -2.29. The summed E-state index contributed by atoms with van der Waals surface area (Å²) in [5, 5.41) is 0. The zero-order chi connectivity index (χ0) is 11.9. The Morgan fingerprint density at radius 3 is 2.71 bits per heavy atom. The lowest BCUT2D eigenvalue weighted by molar-refractivity contribution is 0.221. The first-order valence-corrected chi connectivity index (χ1v) is 7.63. The van der Waals surface area contributed by atoms with E-state index >= 15 is 0 Å². The van der Waals surface area contributed by atoms with Crippen molar-refractivity contribution in [3.8, 4) is 0 Å². The van der Waals surface area contributed by atoms with Crippen LogP contribution in [0.25, 0.3) is 0 Å². The van der Waals surface area contributed by atoms with E-state index in [1.165, 1.54) is 43.5 Å². The largest absolute Gasteiger partial charge is 0.299 e. The summed E-state index contributed by atoms with van der Waals surface area (Å²) in [5.41, 5.74) is 2.92. The van der Waals surface area contributed by atoms with Gasteiger partial charge in [0.05, 0.1) is 0 Å². The summed E-state index contributed by atoms with van der Waals surface area (Å²) in [4.78, 5) is 2.59. The van der Waals surface area contributed by atoms with Gasteiger partial charge in [-0.2, -0.15) is 11.8 Å². The molecule has 0 N–H and O–H groups in total. The van der Waals surface area contributed by atoms with Gasteiger partial charge >= 0.3 is 0 Å². The molecule has 1 heterocycles. The normalized spacial score (nSPS) is 17.2. The number of thioether (sulfide) groups is 1. The van der Waals surface area contributed by atoms with Crippen LogP contribution in [-0.4, -0.2) is 18.0 Å². The molecule has 0 amide bonds. The highest BCUT2D eigenvalue weighted by Crippen LogP contribution is 2.17.